The third kappa shape index (κ3) is 5.16. The fourth-order valence-electron chi connectivity index (χ4n) is 1.21. The standard InChI is InChI=1S/C12H17F5O/c1-8(2)5-4-6-9(3)7-10(18)11(13,14)12(15,16)17/h5,7,10,18H,4,6H2,1-3H3/b9-7-. The summed E-state index contributed by atoms with van der Waals surface area (Å²) < 4.78 is 61.2. The molecule has 0 fully saturated rings. The van der Waals surface area contributed by atoms with E-state index in [1.807, 2.05) is 19.9 Å². The molecule has 6 heteroatoms. The van der Waals surface area contributed by atoms with Gasteiger partial charge in [-0.15, -0.1) is 0 Å². The van der Waals surface area contributed by atoms with Crippen molar-refractivity contribution in [3.05, 3.63) is 23.3 Å². The van der Waals surface area contributed by atoms with Gasteiger partial charge in [-0.1, -0.05) is 23.3 Å². The number of alkyl halides is 5. The van der Waals surface area contributed by atoms with Gasteiger partial charge in [0.2, 0.25) is 0 Å². The van der Waals surface area contributed by atoms with E-state index in [0.717, 1.165) is 5.57 Å². The quantitative estimate of drug-likeness (QED) is 0.586. The highest BCUT2D eigenvalue weighted by molar-refractivity contribution is 5.08. The summed E-state index contributed by atoms with van der Waals surface area (Å²) in [4.78, 5) is 0. The minimum absolute atomic E-state index is 0.295. The molecule has 0 saturated carbocycles. The van der Waals surface area contributed by atoms with E-state index in [4.69, 9.17) is 5.11 Å². The van der Waals surface area contributed by atoms with Gasteiger partial charge in [0.05, 0.1) is 0 Å². The van der Waals surface area contributed by atoms with Crippen molar-refractivity contribution in [1.29, 1.82) is 0 Å². The smallest absolute Gasteiger partial charge is 0.382 e. The van der Waals surface area contributed by atoms with Gasteiger partial charge in [-0.3, -0.25) is 0 Å². The first-order valence-corrected chi connectivity index (χ1v) is 5.41. The maximum absolute atomic E-state index is 12.7. The van der Waals surface area contributed by atoms with E-state index in [1.54, 1.807) is 0 Å². The first kappa shape index (κ1) is 17.1. The Labute approximate surface area is 103 Å². The molecule has 1 N–H and O–H groups in total. The van der Waals surface area contributed by atoms with Gasteiger partial charge in [0.25, 0.3) is 0 Å². The second kappa shape index (κ2) is 6.31. The van der Waals surface area contributed by atoms with E-state index in [9.17, 15) is 22.0 Å². The summed E-state index contributed by atoms with van der Waals surface area (Å²) in [6.07, 6.45) is -5.32. The molecular weight excluding hydrogens is 255 g/mol. The first-order chi connectivity index (χ1) is 7.98. The van der Waals surface area contributed by atoms with Crippen molar-refractivity contribution < 1.29 is 27.1 Å². The van der Waals surface area contributed by atoms with E-state index >= 15 is 0 Å². The number of hydrogen-bond donors (Lipinski definition) is 1. The van der Waals surface area contributed by atoms with Gasteiger partial charge in [-0.05, 0) is 33.6 Å². The molecule has 0 aliphatic rings. The van der Waals surface area contributed by atoms with E-state index in [0.29, 0.717) is 24.5 Å². The van der Waals surface area contributed by atoms with Crippen molar-refractivity contribution in [2.75, 3.05) is 0 Å². The number of aliphatic hydroxyl groups is 1. The summed E-state index contributed by atoms with van der Waals surface area (Å²) in [5, 5.41) is 8.93. The van der Waals surface area contributed by atoms with Crippen LogP contribution in [0.2, 0.25) is 0 Å². The topological polar surface area (TPSA) is 20.2 Å². The number of hydrogen-bond acceptors (Lipinski definition) is 1. The molecule has 1 nitrogen and oxygen atoms in total. The molecule has 0 bridgehead atoms. The Balaban J connectivity index is 4.62. The molecule has 0 aromatic rings. The predicted molar refractivity (Wildman–Crippen MR) is 59.4 cm³/mol. The van der Waals surface area contributed by atoms with Crippen molar-refractivity contribution in [1.82, 2.24) is 0 Å². The fraction of sp³-hybridized carbons (Fsp3) is 0.667. The molecule has 0 aliphatic carbocycles. The Kier molecular flexibility index (Phi) is 5.99. The monoisotopic (exact) mass is 272 g/mol. The van der Waals surface area contributed by atoms with Crippen LogP contribution in [0.1, 0.15) is 33.6 Å². The molecule has 0 aromatic heterocycles. The Morgan fingerprint density at radius 1 is 1.11 bits per heavy atom. The second-order valence-electron chi connectivity index (χ2n) is 4.40. The minimum atomic E-state index is -5.75. The highest BCUT2D eigenvalue weighted by Gasteiger charge is 2.61. The SMILES string of the molecule is CC(C)=CCC/C(C)=C\C(O)C(F)(F)C(F)(F)F. The summed E-state index contributed by atoms with van der Waals surface area (Å²) in [6.45, 7) is 5.12. The van der Waals surface area contributed by atoms with Crippen LogP contribution in [0.3, 0.4) is 0 Å². The molecule has 0 aliphatic heterocycles. The van der Waals surface area contributed by atoms with Gasteiger partial charge in [0.15, 0.2) is 0 Å². The lowest BCUT2D eigenvalue weighted by Gasteiger charge is -2.23. The third-order valence-electron chi connectivity index (χ3n) is 2.28. The number of halogens is 5. The second-order valence-corrected chi connectivity index (χ2v) is 4.40. The first-order valence-electron chi connectivity index (χ1n) is 5.41. The number of aliphatic hydroxyl groups excluding tert-OH is 1. The van der Waals surface area contributed by atoms with Crippen LogP contribution in [-0.2, 0) is 0 Å². The van der Waals surface area contributed by atoms with Gasteiger partial charge < -0.3 is 5.11 Å². The maximum Gasteiger partial charge on any atom is 0.456 e. The molecule has 0 spiro atoms. The van der Waals surface area contributed by atoms with Crippen molar-refractivity contribution in [3.63, 3.8) is 0 Å². The van der Waals surface area contributed by atoms with Crippen LogP contribution in [0.15, 0.2) is 23.3 Å². The van der Waals surface area contributed by atoms with Crippen LogP contribution in [-0.4, -0.2) is 23.3 Å². The van der Waals surface area contributed by atoms with Crippen LogP contribution < -0.4 is 0 Å². The molecule has 106 valence electrons. The van der Waals surface area contributed by atoms with Crippen molar-refractivity contribution >= 4 is 0 Å². The highest BCUT2D eigenvalue weighted by atomic mass is 19.4. The lowest BCUT2D eigenvalue weighted by Crippen LogP contribution is -2.46. The van der Waals surface area contributed by atoms with Crippen LogP contribution >= 0.6 is 0 Å². The zero-order chi connectivity index (χ0) is 14.6. The maximum atomic E-state index is 12.7. The lowest BCUT2D eigenvalue weighted by atomic mass is 10.1. The summed E-state index contributed by atoms with van der Waals surface area (Å²) >= 11 is 0. The van der Waals surface area contributed by atoms with E-state index in [-0.39, 0.29) is 0 Å². The molecule has 0 radical (unpaired) electrons. The molecule has 1 atom stereocenters. The lowest BCUT2D eigenvalue weighted by molar-refractivity contribution is -0.305. The summed E-state index contributed by atoms with van der Waals surface area (Å²) in [7, 11) is 0. The fourth-order valence-corrected chi connectivity index (χ4v) is 1.21. The molecule has 1 unspecified atom stereocenters. The number of allylic oxidation sites excluding steroid dienone is 3. The van der Waals surface area contributed by atoms with Gasteiger partial charge in [-0.25, -0.2) is 0 Å². The highest BCUT2D eigenvalue weighted by Crippen LogP contribution is 2.38. The van der Waals surface area contributed by atoms with Gasteiger partial charge in [0, 0.05) is 0 Å². The molecule has 0 aromatic carbocycles. The molecule has 0 rings (SSSR count). The molecule has 0 heterocycles. The van der Waals surface area contributed by atoms with Gasteiger partial charge >= 0.3 is 12.1 Å². The van der Waals surface area contributed by atoms with Crippen molar-refractivity contribution in [2.24, 2.45) is 0 Å². The van der Waals surface area contributed by atoms with Crippen LogP contribution in [0, 0.1) is 0 Å². The van der Waals surface area contributed by atoms with Crippen molar-refractivity contribution in [2.45, 2.75) is 51.8 Å². The average molecular weight is 272 g/mol. The van der Waals surface area contributed by atoms with Crippen LogP contribution in [0.5, 0.6) is 0 Å². The molecule has 0 saturated heterocycles. The number of rotatable bonds is 5. The summed E-state index contributed by atoms with van der Waals surface area (Å²) in [5.41, 5.74) is 1.33. The van der Waals surface area contributed by atoms with Crippen molar-refractivity contribution in [3.8, 4) is 0 Å². The summed E-state index contributed by atoms with van der Waals surface area (Å²) in [6, 6.07) is 0. The van der Waals surface area contributed by atoms with Crippen LogP contribution in [0.4, 0.5) is 22.0 Å². The average Bonchev–Trinajstić information content (AvgIpc) is 2.14. The van der Waals surface area contributed by atoms with E-state index in [2.05, 4.69) is 0 Å². The molecular formula is C12H17F5O. The van der Waals surface area contributed by atoms with E-state index in [1.165, 1.54) is 6.92 Å². The predicted octanol–water partition coefficient (Wildman–Crippen LogP) is 4.24. The van der Waals surface area contributed by atoms with Crippen LogP contribution in [0.25, 0.3) is 0 Å². The Hall–Kier alpha value is -0.910. The Morgan fingerprint density at radius 2 is 1.61 bits per heavy atom. The van der Waals surface area contributed by atoms with Gasteiger partial charge in [0.1, 0.15) is 6.10 Å². The largest absolute Gasteiger partial charge is 0.456 e. The van der Waals surface area contributed by atoms with Gasteiger partial charge in [-0.2, -0.15) is 22.0 Å². The molecule has 0 amide bonds. The minimum Gasteiger partial charge on any atom is -0.382 e. The molecule has 18 heavy (non-hydrogen) atoms. The zero-order valence-electron chi connectivity index (χ0n) is 10.5. The normalized spacial score (nSPS) is 15.5. The Morgan fingerprint density at radius 3 is 2.00 bits per heavy atom. The van der Waals surface area contributed by atoms with E-state index < -0.39 is 18.2 Å². The third-order valence-corrected chi connectivity index (χ3v) is 2.28. The zero-order valence-corrected chi connectivity index (χ0v) is 10.5. The Bertz CT molecular complexity index is 324. The summed E-state index contributed by atoms with van der Waals surface area (Å²) in [5.74, 6) is -5.12.